The van der Waals surface area contributed by atoms with Crippen LogP contribution in [0.5, 0.6) is 5.75 Å². The lowest BCUT2D eigenvalue weighted by Gasteiger charge is -2.32. The molecule has 2 aliphatic rings. The number of carbonyl (C=O) groups is 2. The van der Waals surface area contributed by atoms with E-state index in [1.54, 1.807) is 0 Å². The highest BCUT2D eigenvalue weighted by Crippen LogP contribution is 2.42. The van der Waals surface area contributed by atoms with Crippen LogP contribution < -0.4 is 9.64 Å². The third-order valence-electron chi connectivity index (χ3n) is 4.87. The van der Waals surface area contributed by atoms with Crippen LogP contribution in [-0.4, -0.2) is 25.1 Å². The molecular weight excluding hydrogens is 385 g/mol. The second-order valence-electron chi connectivity index (χ2n) is 6.52. The highest BCUT2D eigenvalue weighted by atomic mass is 35.5. The Morgan fingerprint density at radius 1 is 1.21 bits per heavy atom. The van der Waals surface area contributed by atoms with Gasteiger partial charge in [-0.25, -0.2) is 9.18 Å². The molecule has 2 heterocycles. The average molecular weight is 402 g/mol. The molecule has 4 rings (SSSR count). The fraction of sp³-hybridized carbons (Fsp3) is 0.238. The second kappa shape index (κ2) is 7.28. The van der Waals surface area contributed by atoms with Gasteiger partial charge in [-0.2, -0.15) is 0 Å². The highest BCUT2D eigenvalue weighted by Gasteiger charge is 2.43. The summed E-state index contributed by atoms with van der Waals surface area (Å²) in [4.78, 5) is 26.8. The lowest BCUT2D eigenvalue weighted by Crippen LogP contribution is -2.37. The maximum Gasteiger partial charge on any atom is 0.336 e. The van der Waals surface area contributed by atoms with E-state index in [-0.39, 0.29) is 24.0 Å². The Balaban J connectivity index is 1.76. The lowest BCUT2D eigenvalue weighted by molar-refractivity contribution is -0.136. The number of hydrogen-bond acceptors (Lipinski definition) is 4. The molecule has 1 amide bonds. The van der Waals surface area contributed by atoms with Gasteiger partial charge in [-0.1, -0.05) is 23.7 Å². The molecule has 5 nitrogen and oxygen atoms in total. The molecule has 0 unspecified atom stereocenters. The molecule has 1 atom stereocenters. The smallest absolute Gasteiger partial charge is 0.336 e. The van der Waals surface area contributed by atoms with Crippen molar-refractivity contribution in [2.24, 2.45) is 0 Å². The largest absolute Gasteiger partial charge is 0.494 e. The molecule has 2 aromatic rings. The molecule has 144 valence electrons. The Kier molecular flexibility index (Phi) is 4.81. The van der Waals surface area contributed by atoms with Crippen LogP contribution >= 0.6 is 11.6 Å². The number of anilines is 1. The van der Waals surface area contributed by atoms with E-state index in [0.29, 0.717) is 23.6 Å². The summed E-state index contributed by atoms with van der Waals surface area (Å²) < 4.78 is 24.2. The first-order valence-electron chi connectivity index (χ1n) is 8.90. The molecule has 0 aromatic heterocycles. The van der Waals surface area contributed by atoms with Gasteiger partial charge >= 0.3 is 5.97 Å². The van der Waals surface area contributed by atoms with Crippen LogP contribution in [0.1, 0.15) is 24.8 Å². The standard InChI is InChI=1S/C21H17ClFNO4/c1-2-27-14-6-3-12(4-7-14)15-10-19(25)24(18-11-28-21(26)20(15)18)13-5-8-17(23)16(22)9-13/h3-9,15H,2,10-11H2,1H3/t15-/m0/s1. The maximum atomic E-state index is 13.5. The highest BCUT2D eigenvalue weighted by molar-refractivity contribution is 6.31. The van der Waals surface area contributed by atoms with Crippen LogP contribution in [0.2, 0.25) is 5.02 Å². The molecule has 2 aromatic carbocycles. The van der Waals surface area contributed by atoms with E-state index in [1.807, 2.05) is 31.2 Å². The Labute approximate surface area is 166 Å². The molecule has 0 saturated carbocycles. The van der Waals surface area contributed by atoms with Crippen LogP contribution in [0.15, 0.2) is 53.7 Å². The molecule has 7 heteroatoms. The zero-order valence-corrected chi connectivity index (χ0v) is 15.8. The first kappa shape index (κ1) is 18.5. The van der Waals surface area contributed by atoms with Crippen LogP contribution in [0.3, 0.4) is 0 Å². The minimum Gasteiger partial charge on any atom is -0.494 e. The van der Waals surface area contributed by atoms with Crippen LogP contribution in [0.25, 0.3) is 0 Å². The Bertz CT molecular complexity index is 986. The molecule has 0 saturated heterocycles. The van der Waals surface area contributed by atoms with E-state index >= 15 is 0 Å². The summed E-state index contributed by atoms with van der Waals surface area (Å²) in [5.41, 5.74) is 2.17. The molecule has 0 bridgehead atoms. The third-order valence-corrected chi connectivity index (χ3v) is 5.16. The number of esters is 1. The van der Waals surface area contributed by atoms with Gasteiger partial charge in [-0.3, -0.25) is 9.69 Å². The number of benzene rings is 2. The van der Waals surface area contributed by atoms with Gasteiger partial charge in [0.15, 0.2) is 0 Å². The fourth-order valence-corrected chi connectivity index (χ4v) is 3.80. The third kappa shape index (κ3) is 3.14. The molecular formula is C21H17ClFNO4. The van der Waals surface area contributed by atoms with E-state index in [2.05, 4.69) is 0 Å². The van der Waals surface area contributed by atoms with Gasteiger partial charge in [0.2, 0.25) is 5.91 Å². The number of cyclic esters (lactones) is 1. The number of ether oxygens (including phenoxy) is 2. The summed E-state index contributed by atoms with van der Waals surface area (Å²) in [5.74, 6) is -0.909. The predicted molar refractivity (Wildman–Crippen MR) is 102 cm³/mol. The minimum absolute atomic E-state index is 0.0115. The summed E-state index contributed by atoms with van der Waals surface area (Å²) in [6.45, 7) is 2.44. The van der Waals surface area contributed by atoms with Crippen molar-refractivity contribution in [1.82, 2.24) is 0 Å². The van der Waals surface area contributed by atoms with E-state index in [0.717, 1.165) is 11.3 Å². The summed E-state index contributed by atoms with van der Waals surface area (Å²) >= 11 is 5.88. The fourth-order valence-electron chi connectivity index (χ4n) is 3.63. The summed E-state index contributed by atoms with van der Waals surface area (Å²) in [7, 11) is 0. The quantitative estimate of drug-likeness (QED) is 0.720. The van der Waals surface area contributed by atoms with Crippen molar-refractivity contribution in [2.75, 3.05) is 18.1 Å². The number of amides is 1. The monoisotopic (exact) mass is 401 g/mol. The summed E-state index contributed by atoms with van der Waals surface area (Å²) in [6, 6.07) is 11.4. The normalized spacial score (nSPS) is 19.0. The Morgan fingerprint density at radius 2 is 1.96 bits per heavy atom. The van der Waals surface area contributed by atoms with E-state index in [9.17, 15) is 14.0 Å². The topological polar surface area (TPSA) is 55.8 Å². The molecule has 0 aliphatic carbocycles. The van der Waals surface area contributed by atoms with Crippen molar-refractivity contribution in [1.29, 1.82) is 0 Å². The molecule has 28 heavy (non-hydrogen) atoms. The molecule has 0 N–H and O–H groups in total. The zero-order chi connectivity index (χ0) is 19.8. The van der Waals surface area contributed by atoms with Crippen LogP contribution in [-0.2, 0) is 14.3 Å². The molecule has 0 fully saturated rings. The summed E-state index contributed by atoms with van der Waals surface area (Å²) in [5, 5.41) is -0.0914. The van der Waals surface area contributed by atoms with Crippen molar-refractivity contribution in [3.05, 3.63) is 70.1 Å². The number of rotatable bonds is 4. The molecule has 0 radical (unpaired) electrons. The number of halogens is 2. The lowest BCUT2D eigenvalue weighted by atomic mass is 9.84. The predicted octanol–water partition coefficient (Wildman–Crippen LogP) is 4.21. The van der Waals surface area contributed by atoms with Crippen LogP contribution in [0, 0.1) is 5.82 Å². The van der Waals surface area contributed by atoms with E-state index < -0.39 is 17.7 Å². The number of carbonyl (C=O) groups excluding carboxylic acids is 2. The SMILES string of the molecule is CCOc1ccc([C@@H]2CC(=O)N(c3ccc(F)c(Cl)c3)C3=C2C(=O)OC3)cc1. The first-order chi connectivity index (χ1) is 13.5. The number of hydrogen-bond donors (Lipinski definition) is 0. The average Bonchev–Trinajstić information content (AvgIpc) is 3.06. The number of nitrogens with zero attached hydrogens (tertiary/aromatic N) is 1. The first-order valence-corrected chi connectivity index (χ1v) is 9.28. The van der Waals surface area contributed by atoms with E-state index in [1.165, 1.54) is 23.1 Å². The van der Waals surface area contributed by atoms with Crippen molar-refractivity contribution in [2.45, 2.75) is 19.3 Å². The molecule has 0 spiro atoms. The Hall–Kier alpha value is -2.86. The molecule has 2 aliphatic heterocycles. The van der Waals surface area contributed by atoms with Gasteiger partial charge in [0.05, 0.1) is 28.6 Å². The van der Waals surface area contributed by atoms with E-state index in [4.69, 9.17) is 21.1 Å². The van der Waals surface area contributed by atoms with Crippen molar-refractivity contribution in [3.63, 3.8) is 0 Å². The Morgan fingerprint density at radius 3 is 2.64 bits per heavy atom. The van der Waals surface area contributed by atoms with Crippen LogP contribution in [0.4, 0.5) is 10.1 Å². The van der Waals surface area contributed by atoms with Gasteiger partial charge < -0.3 is 9.47 Å². The van der Waals surface area contributed by atoms with Gasteiger partial charge in [-0.15, -0.1) is 0 Å². The van der Waals surface area contributed by atoms with Crippen molar-refractivity contribution in [3.8, 4) is 5.75 Å². The zero-order valence-electron chi connectivity index (χ0n) is 15.1. The van der Waals surface area contributed by atoms with Crippen molar-refractivity contribution < 1.29 is 23.5 Å². The van der Waals surface area contributed by atoms with Gasteiger partial charge in [0, 0.05) is 12.3 Å². The van der Waals surface area contributed by atoms with Crippen molar-refractivity contribution >= 4 is 29.2 Å². The van der Waals surface area contributed by atoms with Gasteiger partial charge in [0.1, 0.15) is 18.2 Å². The maximum absolute atomic E-state index is 13.5. The van der Waals surface area contributed by atoms with Gasteiger partial charge in [-0.05, 0) is 42.8 Å². The summed E-state index contributed by atoms with van der Waals surface area (Å²) in [6.07, 6.45) is 0.0942. The van der Waals surface area contributed by atoms with Gasteiger partial charge in [0.25, 0.3) is 0 Å². The second-order valence-corrected chi connectivity index (χ2v) is 6.93. The minimum atomic E-state index is -0.574.